The monoisotopic (exact) mass is 310 g/mol. The molecule has 0 amide bonds. The van der Waals surface area contributed by atoms with Crippen LogP contribution in [-0.2, 0) is 17.7 Å². The highest BCUT2D eigenvalue weighted by molar-refractivity contribution is 7.99. The second-order valence-electron chi connectivity index (χ2n) is 6.26. The van der Waals surface area contributed by atoms with Crippen molar-refractivity contribution >= 4 is 11.8 Å². The molecular formula is C16H26N2O2S. The molecule has 4 nitrogen and oxygen atoms in total. The lowest BCUT2D eigenvalue weighted by Crippen LogP contribution is -2.41. The second-order valence-corrected chi connectivity index (χ2v) is 7.37. The number of aliphatic hydroxyl groups excluding tert-OH is 1. The van der Waals surface area contributed by atoms with Gasteiger partial charge in [-0.05, 0) is 50.3 Å². The van der Waals surface area contributed by atoms with Gasteiger partial charge < -0.3 is 9.84 Å². The molecule has 0 aliphatic carbocycles. The van der Waals surface area contributed by atoms with Gasteiger partial charge in [0.25, 0.3) is 0 Å². The van der Waals surface area contributed by atoms with Crippen LogP contribution < -0.4 is 0 Å². The predicted molar refractivity (Wildman–Crippen MR) is 85.6 cm³/mol. The van der Waals surface area contributed by atoms with Gasteiger partial charge in [0, 0.05) is 18.9 Å². The molecule has 0 saturated carbocycles. The van der Waals surface area contributed by atoms with E-state index in [0.29, 0.717) is 5.92 Å². The molecule has 0 bridgehead atoms. The molecule has 1 spiro atoms. The Morgan fingerprint density at radius 3 is 3.10 bits per heavy atom. The Morgan fingerprint density at radius 2 is 2.43 bits per heavy atom. The first-order chi connectivity index (χ1) is 10.2. The van der Waals surface area contributed by atoms with Crippen LogP contribution in [0, 0.1) is 5.92 Å². The topological polar surface area (TPSA) is 47.3 Å². The number of hydrogen-bond acceptors (Lipinski definition) is 4. The van der Waals surface area contributed by atoms with Crippen molar-refractivity contribution < 1.29 is 9.84 Å². The number of rotatable bonds is 4. The first kappa shape index (κ1) is 15.4. The highest BCUT2D eigenvalue weighted by atomic mass is 32.2. The van der Waals surface area contributed by atoms with E-state index in [1.807, 2.05) is 16.4 Å². The van der Waals surface area contributed by atoms with E-state index in [9.17, 15) is 5.11 Å². The van der Waals surface area contributed by atoms with Crippen molar-refractivity contribution in [3.05, 3.63) is 17.5 Å². The molecule has 2 saturated heterocycles. The zero-order valence-electron chi connectivity index (χ0n) is 13.0. The molecule has 3 rings (SSSR count). The van der Waals surface area contributed by atoms with Gasteiger partial charge in [-0.3, -0.25) is 4.68 Å². The van der Waals surface area contributed by atoms with Crippen LogP contribution in [0.25, 0.3) is 0 Å². The Kier molecular flexibility index (Phi) is 4.62. The van der Waals surface area contributed by atoms with E-state index in [1.54, 1.807) is 0 Å². The van der Waals surface area contributed by atoms with Crippen molar-refractivity contribution in [1.29, 1.82) is 0 Å². The number of nitrogens with zero attached hydrogens (tertiary/aromatic N) is 2. The number of ether oxygens (including phenoxy) is 1. The van der Waals surface area contributed by atoms with Crippen LogP contribution in [0.2, 0.25) is 0 Å². The number of aryl methyl sites for hydroxylation is 2. The normalized spacial score (nSPS) is 30.9. The van der Waals surface area contributed by atoms with Crippen molar-refractivity contribution in [2.75, 3.05) is 18.1 Å². The fraction of sp³-hybridized carbons (Fsp3) is 0.812. The Morgan fingerprint density at radius 1 is 1.57 bits per heavy atom. The molecule has 3 unspecified atom stereocenters. The van der Waals surface area contributed by atoms with Gasteiger partial charge in [-0.25, -0.2) is 0 Å². The van der Waals surface area contributed by atoms with E-state index >= 15 is 0 Å². The summed E-state index contributed by atoms with van der Waals surface area (Å²) in [6.07, 6.45) is 3.57. The van der Waals surface area contributed by atoms with Crippen LogP contribution in [0.1, 0.15) is 50.6 Å². The molecule has 0 aromatic carbocycles. The minimum Gasteiger partial charge on any atom is -0.387 e. The fourth-order valence-electron chi connectivity index (χ4n) is 3.59. The third-order valence-corrected chi connectivity index (χ3v) is 6.09. The van der Waals surface area contributed by atoms with Gasteiger partial charge in [0.05, 0.1) is 23.1 Å². The van der Waals surface area contributed by atoms with Crippen molar-refractivity contribution in [3.8, 4) is 0 Å². The van der Waals surface area contributed by atoms with Gasteiger partial charge in [-0.1, -0.05) is 6.92 Å². The molecule has 118 valence electrons. The lowest BCUT2D eigenvalue weighted by atomic mass is 9.81. The third-order valence-electron chi connectivity index (χ3n) is 4.87. The van der Waals surface area contributed by atoms with Gasteiger partial charge in [-0.15, -0.1) is 0 Å². The highest BCUT2D eigenvalue weighted by Crippen LogP contribution is 2.44. The van der Waals surface area contributed by atoms with E-state index in [2.05, 4.69) is 25.0 Å². The Hall–Kier alpha value is -0.520. The van der Waals surface area contributed by atoms with E-state index in [-0.39, 0.29) is 5.60 Å². The van der Waals surface area contributed by atoms with Crippen molar-refractivity contribution in [2.24, 2.45) is 5.92 Å². The molecule has 2 aliphatic rings. The summed E-state index contributed by atoms with van der Waals surface area (Å²) in [5, 5.41) is 15.5. The fourth-order valence-corrected chi connectivity index (χ4v) is 4.97. The zero-order valence-corrected chi connectivity index (χ0v) is 13.9. The molecule has 2 aliphatic heterocycles. The maximum Gasteiger partial charge on any atom is 0.0986 e. The molecule has 21 heavy (non-hydrogen) atoms. The summed E-state index contributed by atoms with van der Waals surface area (Å²) in [5.41, 5.74) is 2.09. The molecule has 1 N–H and O–H groups in total. The summed E-state index contributed by atoms with van der Waals surface area (Å²) in [5.74, 6) is 2.57. The van der Waals surface area contributed by atoms with Gasteiger partial charge in [0.2, 0.25) is 0 Å². The summed E-state index contributed by atoms with van der Waals surface area (Å²) in [7, 11) is 0. The molecule has 3 heterocycles. The maximum absolute atomic E-state index is 10.9. The van der Waals surface area contributed by atoms with E-state index in [1.165, 1.54) is 5.75 Å². The van der Waals surface area contributed by atoms with Crippen LogP contribution in [0.3, 0.4) is 0 Å². The van der Waals surface area contributed by atoms with Crippen LogP contribution in [-0.4, -0.2) is 38.6 Å². The number of thioether (sulfide) groups is 1. The van der Waals surface area contributed by atoms with Gasteiger partial charge in [0.15, 0.2) is 0 Å². The summed E-state index contributed by atoms with van der Waals surface area (Å²) < 4.78 is 8.04. The number of aromatic nitrogens is 2. The van der Waals surface area contributed by atoms with Crippen LogP contribution in [0.5, 0.6) is 0 Å². The molecule has 2 fully saturated rings. The largest absolute Gasteiger partial charge is 0.387 e. The van der Waals surface area contributed by atoms with Crippen molar-refractivity contribution in [1.82, 2.24) is 9.78 Å². The maximum atomic E-state index is 10.9. The van der Waals surface area contributed by atoms with Gasteiger partial charge in [-0.2, -0.15) is 16.9 Å². The van der Waals surface area contributed by atoms with Crippen LogP contribution >= 0.6 is 11.8 Å². The van der Waals surface area contributed by atoms with Gasteiger partial charge >= 0.3 is 0 Å². The van der Waals surface area contributed by atoms with Crippen LogP contribution in [0.4, 0.5) is 0 Å². The first-order valence-corrected chi connectivity index (χ1v) is 9.29. The van der Waals surface area contributed by atoms with E-state index in [0.717, 1.165) is 56.0 Å². The lowest BCUT2D eigenvalue weighted by Gasteiger charge is -2.39. The van der Waals surface area contributed by atoms with Crippen LogP contribution in [0.15, 0.2) is 6.07 Å². The van der Waals surface area contributed by atoms with Crippen molar-refractivity contribution in [2.45, 2.75) is 57.8 Å². The van der Waals surface area contributed by atoms with Crippen molar-refractivity contribution in [3.63, 3.8) is 0 Å². The predicted octanol–water partition coefficient (Wildman–Crippen LogP) is 2.80. The Bertz CT molecular complexity index is 483. The Labute approximate surface area is 131 Å². The average molecular weight is 310 g/mol. The summed E-state index contributed by atoms with van der Waals surface area (Å²) >= 11 is 1.98. The SMILES string of the molecule is CCc1cc(C(O)C2CCOC3(CCSC3)C2)n(CC)n1. The summed E-state index contributed by atoms with van der Waals surface area (Å²) in [4.78, 5) is 0. The minimum absolute atomic E-state index is 0.0270. The number of aliphatic hydroxyl groups is 1. The highest BCUT2D eigenvalue weighted by Gasteiger charge is 2.43. The quantitative estimate of drug-likeness (QED) is 0.929. The second kappa shape index (κ2) is 6.31. The summed E-state index contributed by atoms with van der Waals surface area (Å²) in [6, 6.07) is 2.08. The lowest BCUT2D eigenvalue weighted by molar-refractivity contribution is -0.103. The molecule has 1 aromatic rings. The average Bonchev–Trinajstić information content (AvgIpc) is 3.13. The number of hydrogen-bond donors (Lipinski definition) is 1. The smallest absolute Gasteiger partial charge is 0.0986 e. The molecule has 1 aromatic heterocycles. The standard InChI is InChI=1S/C16H26N2O2S/c1-3-13-9-14(18(4-2)17-13)15(19)12-5-7-20-16(10-12)6-8-21-11-16/h9,12,15,19H,3-8,10-11H2,1-2H3. The molecule has 0 radical (unpaired) electrons. The van der Waals surface area contributed by atoms with E-state index < -0.39 is 6.10 Å². The van der Waals surface area contributed by atoms with Gasteiger partial charge in [0.1, 0.15) is 0 Å². The molecule has 3 atom stereocenters. The minimum atomic E-state index is -0.413. The molecular weight excluding hydrogens is 284 g/mol. The molecule has 5 heteroatoms. The van der Waals surface area contributed by atoms with E-state index in [4.69, 9.17) is 4.74 Å². The Balaban J connectivity index is 1.77. The summed E-state index contributed by atoms with van der Waals surface area (Å²) in [6.45, 7) is 5.79. The third kappa shape index (κ3) is 3.01. The first-order valence-electron chi connectivity index (χ1n) is 8.14. The zero-order chi connectivity index (χ0) is 14.9.